The standard InChI is InChI=1S/C12H13N3O2.C4H6/c16-9-7-8(13-1-2-13)12(17)11(15-5-6-15)10(9)14-3-4-14;1-3-4-2/h7H,1-6H2;3-4H,1-2H2. The summed E-state index contributed by atoms with van der Waals surface area (Å²) in [6, 6.07) is 0. The van der Waals surface area contributed by atoms with Crippen LogP contribution in [0.5, 0.6) is 0 Å². The number of ketones is 2. The van der Waals surface area contributed by atoms with Crippen LogP contribution < -0.4 is 0 Å². The molecule has 0 amide bonds. The van der Waals surface area contributed by atoms with Gasteiger partial charge in [-0.3, -0.25) is 9.59 Å². The molecule has 0 radical (unpaired) electrons. The molecule has 0 N–H and O–H groups in total. The highest BCUT2D eigenvalue weighted by molar-refractivity contribution is 6.22. The minimum Gasteiger partial charge on any atom is -0.365 e. The van der Waals surface area contributed by atoms with Crippen LogP contribution in [0, 0.1) is 0 Å². The first kappa shape index (κ1) is 13.7. The molecule has 3 heterocycles. The Bertz CT molecular complexity index is 570. The van der Waals surface area contributed by atoms with Crippen molar-refractivity contribution in [3.63, 3.8) is 0 Å². The van der Waals surface area contributed by atoms with E-state index in [4.69, 9.17) is 0 Å². The number of Topliss-reactive ketones (excluding diaryl/α,β-unsaturated/α-hetero) is 1. The van der Waals surface area contributed by atoms with E-state index >= 15 is 0 Å². The van der Waals surface area contributed by atoms with E-state index in [1.54, 1.807) is 12.2 Å². The third kappa shape index (κ3) is 2.77. The van der Waals surface area contributed by atoms with Gasteiger partial charge in [0.15, 0.2) is 0 Å². The summed E-state index contributed by atoms with van der Waals surface area (Å²) in [5, 5.41) is 0. The molecule has 110 valence electrons. The lowest BCUT2D eigenvalue weighted by atomic mass is 10.0. The average Bonchev–Trinajstić information content (AvgIpc) is 3.30. The molecule has 4 aliphatic rings. The first-order chi connectivity index (χ1) is 10.2. The number of hydrogen-bond donors (Lipinski definition) is 0. The van der Waals surface area contributed by atoms with Crippen LogP contribution in [0.25, 0.3) is 0 Å². The van der Waals surface area contributed by atoms with Gasteiger partial charge in [-0.2, -0.15) is 0 Å². The van der Waals surface area contributed by atoms with E-state index in [0.29, 0.717) is 17.1 Å². The van der Waals surface area contributed by atoms with Gasteiger partial charge < -0.3 is 14.7 Å². The molecule has 4 rings (SSSR count). The van der Waals surface area contributed by atoms with Gasteiger partial charge in [0.25, 0.3) is 0 Å². The van der Waals surface area contributed by atoms with Crippen molar-refractivity contribution in [1.82, 2.24) is 14.7 Å². The quantitative estimate of drug-likeness (QED) is 0.428. The zero-order chi connectivity index (χ0) is 15.0. The number of rotatable bonds is 4. The third-order valence-corrected chi connectivity index (χ3v) is 3.65. The van der Waals surface area contributed by atoms with Crippen LogP contribution in [0.4, 0.5) is 0 Å². The highest BCUT2D eigenvalue weighted by atomic mass is 16.1. The van der Waals surface area contributed by atoms with Crippen LogP contribution in [-0.2, 0) is 9.59 Å². The number of hydrogen-bond acceptors (Lipinski definition) is 5. The molecule has 5 nitrogen and oxygen atoms in total. The van der Waals surface area contributed by atoms with Gasteiger partial charge in [-0.25, -0.2) is 0 Å². The highest BCUT2D eigenvalue weighted by Gasteiger charge is 2.43. The lowest BCUT2D eigenvalue weighted by Crippen LogP contribution is -2.29. The summed E-state index contributed by atoms with van der Waals surface area (Å²) in [6.45, 7) is 12.1. The van der Waals surface area contributed by atoms with Crippen LogP contribution in [0.15, 0.2) is 48.5 Å². The minimum atomic E-state index is 0.00546. The molecule has 1 aliphatic carbocycles. The van der Waals surface area contributed by atoms with Crippen LogP contribution >= 0.6 is 0 Å². The molecular formula is C16H19N3O2. The summed E-state index contributed by atoms with van der Waals surface area (Å²) in [5.41, 5.74) is 1.89. The predicted molar refractivity (Wildman–Crippen MR) is 80.2 cm³/mol. The fourth-order valence-corrected chi connectivity index (χ4v) is 2.28. The molecule has 0 bridgehead atoms. The lowest BCUT2D eigenvalue weighted by Gasteiger charge is -2.21. The Labute approximate surface area is 124 Å². The molecule has 0 aromatic carbocycles. The molecule has 5 heteroatoms. The smallest absolute Gasteiger partial charge is 0.227 e. The minimum absolute atomic E-state index is 0.00546. The Hall–Kier alpha value is -2.30. The number of nitrogens with zero attached hydrogens (tertiary/aromatic N) is 3. The van der Waals surface area contributed by atoms with Crippen LogP contribution in [0.1, 0.15) is 0 Å². The molecule has 0 aromatic heterocycles. The fraction of sp³-hybridized carbons (Fsp3) is 0.375. The van der Waals surface area contributed by atoms with Crippen molar-refractivity contribution in [2.75, 3.05) is 39.3 Å². The Morgan fingerprint density at radius 3 is 1.71 bits per heavy atom. The molecule has 0 saturated carbocycles. The largest absolute Gasteiger partial charge is 0.365 e. The van der Waals surface area contributed by atoms with Gasteiger partial charge >= 0.3 is 0 Å². The molecular weight excluding hydrogens is 266 g/mol. The Kier molecular flexibility index (Phi) is 3.41. The Morgan fingerprint density at radius 2 is 1.29 bits per heavy atom. The second-order valence-electron chi connectivity index (χ2n) is 5.35. The van der Waals surface area contributed by atoms with Gasteiger partial charge in [0.1, 0.15) is 11.4 Å². The van der Waals surface area contributed by atoms with Crippen molar-refractivity contribution in [1.29, 1.82) is 0 Å². The van der Waals surface area contributed by atoms with E-state index in [-0.39, 0.29) is 11.6 Å². The zero-order valence-electron chi connectivity index (χ0n) is 12.0. The van der Waals surface area contributed by atoms with Crippen molar-refractivity contribution in [2.45, 2.75) is 0 Å². The van der Waals surface area contributed by atoms with Crippen LogP contribution in [0.3, 0.4) is 0 Å². The number of allylic oxidation sites excluding steroid dienone is 3. The maximum absolute atomic E-state index is 12.4. The van der Waals surface area contributed by atoms with Crippen molar-refractivity contribution in [2.24, 2.45) is 0 Å². The topological polar surface area (TPSA) is 43.2 Å². The summed E-state index contributed by atoms with van der Waals surface area (Å²) in [7, 11) is 0. The van der Waals surface area contributed by atoms with Crippen molar-refractivity contribution in [3.05, 3.63) is 48.5 Å². The Balaban J connectivity index is 0.000000298. The van der Waals surface area contributed by atoms with Gasteiger partial charge in [0.05, 0.1) is 5.70 Å². The molecule has 0 aromatic rings. The average molecular weight is 285 g/mol. The van der Waals surface area contributed by atoms with Crippen molar-refractivity contribution < 1.29 is 9.59 Å². The number of carbonyl (C=O) groups excluding carboxylic acids is 2. The zero-order valence-corrected chi connectivity index (χ0v) is 12.0. The highest BCUT2D eigenvalue weighted by Crippen LogP contribution is 2.33. The van der Waals surface area contributed by atoms with Gasteiger partial charge in [0.2, 0.25) is 11.6 Å². The molecule has 0 spiro atoms. The first-order valence-corrected chi connectivity index (χ1v) is 7.20. The van der Waals surface area contributed by atoms with Gasteiger partial charge in [-0.1, -0.05) is 25.3 Å². The summed E-state index contributed by atoms with van der Waals surface area (Å²) < 4.78 is 0. The van der Waals surface area contributed by atoms with Crippen molar-refractivity contribution >= 4 is 11.6 Å². The van der Waals surface area contributed by atoms with E-state index < -0.39 is 0 Å². The number of carbonyl (C=O) groups is 2. The van der Waals surface area contributed by atoms with Crippen LogP contribution in [0.2, 0.25) is 0 Å². The molecule has 3 aliphatic heterocycles. The first-order valence-electron chi connectivity index (χ1n) is 7.20. The molecule has 0 unspecified atom stereocenters. The van der Waals surface area contributed by atoms with E-state index in [9.17, 15) is 9.59 Å². The van der Waals surface area contributed by atoms with Gasteiger partial charge in [0, 0.05) is 45.3 Å². The summed E-state index contributed by atoms with van der Waals surface area (Å²) in [6.07, 6.45) is 4.80. The maximum atomic E-state index is 12.4. The molecule has 21 heavy (non-hydrogen) atoms. The molecule has 3 saturated heterocycles. The SMILES string of the molecule is C=CC=C.O=C1C=C(N2CC2)C(=O)C(N2CC2)=C1N1CC1. The Morgan fingerprint density at radius 1 is 0.810 bits per heavy atom. The monoisotopic (exact) mass is 285 g/mol. The molecule has 3 fully saturated rings. The van der Waals surface area contributed by atoms with Crippen LogP contribution in [-0.4, -0.2) is 65.5 Å². The second kappa shape index (κ2) is 5.24. The van der Waals surface area contributed by atoms with E-state index in [0.717, 1.165) is 39.3 Å². The molecule has 0 atom stereocenters. The summed E-state index contributed by atoms with van der Waals surface area (Å²) in [4.78, 5) is 30.5. The summed E-state index contributed by atoms with van der Waals surface area (Å²) >= 11 is 0. The fourth-order valence-electron chi connectivity index (χ4n) is 2.28. The maximum Gasteiger partial charge on any atom is 0.227 e. The normalized spacial score (nSPS) is 22.5. The van der Waals surface area contributed by atoms with Gasteiger partial charge in [-0.05, 0) is 0 Å². The van der Waals surface area contributed by atoms with E-state index in [1.165, 1.54) is 6.08 Å². The second-order valence-corrected chi connectivity index (χ2v) is 5.35. The van der Waals surface area contributed by atoms with E-state index in [1.807, 2.05) is 14.7 Å². The van der Waals surface area contributed by atoms with Crippen molar-refractivity contribution in [3.8, 4) is 0 Å². The summed E-state index contributed by atoms with van der Waals surface area (Å²) in [5.74, 6) is 0.0485. The van der Waals surface area contributed by atoms with Gasteiger partial charge in [-0.15, -0.1) is 0 Å². The predicted octanol–water partition coefficient (Wildman–Crippen LogP) is 0.539. The lowest BCUT2D eigenvalue weighted by molar-refractivity contribution is -0.117. The van der Waals surface area contributed by atoms with E-state index in [2.05, 4.69) is 13.2 Å². The third-order valence-electron chi connectivity index (χ3n) is 3.65.